The number of ether oxygens (including phenoxy) is 1. The Hall–Kier alpha value is -1.15. The number of rotatable bonds is 4. The smallest absolute Gasteiger partial charge is 0.281 e. The zero-order valence-electron chi connectivity index (χ0n) is 13.0. The van der Waals surface area contributed by atoms with Gasteiger partial charge in [-0.3, -0.25) is 4.90 Å². The first kappa shape index (κ1) is 16.2. The molecule has 1 atom stereocenters. The molecule has 1 aliphatic rings. The summed E-state index contributed by atoms with van der Waals surface area (Å²) in [5, 5.41) is 0. The van der Waals surface area contributed by atoms with Gasteiger partial charge in [0.05, 0.1) is 13.2 Å². The fourth-order valence-electron chi connectivity index (χ4n) is 2.57. The van der Waals surface area contributed by atoms with Crippen molar-refractivity contribution in [3.8, 4) is 5.75 Å². The van der Waals surface area contributed by atoms with Crippen LogP contribution in [-0.2, 0) is 10.2 Å². The van der Waals surface area contributed by atoms with Gasteiger partial charge in [-0.2, -0.15) is 17.0 Å². The van der Waals surface area contributed by atoms with Gasteiger partial charge in [-0.15, -0.1) is 0 Å². The lowest BCUT2D eigenvalue weighted by molar-refractivity contribution is 0.142. The number of para-hydroxylation sites is 1. The van der Waals surface area contributed by atoms with Crippen LogP contribution in [0.4, 0.5) is 0 Å². The number of hydrogen-bond donors (Lipinski definition) is 0. The summed E-state index contributed by atoms with van der Waals surface area (Å²) in [5.41, 5.74) is 1.01. The molecule has 0 aliphatic carbocycles. The van der Waals surface area contributed by atoms with Crippen molar-refractivity contribution in [1.82, 2.24) is 13.5 Å². The molecule has 1 saturated heterocycles. The van der Waals surface area contributed by atoms with Gasteiger partial charge < -0.3 is 4.74 Å². The molecule has 1 aromatic carbocycles. The van der Waals surface area contributed by atoms with E-state index in [0.29, 0.717) is 19.6 Å². The third-order valence-electron chi connectivity index (χ3n) is 3.90. The molecule has 7 heteroatoms. The monoisotopic (exact) mass is 313 g/mol. The van der Waals surface area contributed by atoms with Gasteiger partial charge in [-0.05, 0) is 13.1 Å². The highest BCUT2D eigenvalue weighted by Gasteiger charge is 2.34. The Bertz CT molecular complexity index is 589. The molecule has 0 saturated carbocycles. The van der Waals surface area contributed by atoms with Crippen LogP contribution < -0.4 is 4.74 Å². The minimum absolute atomic E-state index is 0.00961. The first-order chi connectivity index (χ1) is 9.87. The van der Waals surface area contributed by atoms with E-state index in [1.807, 2.05) is 31.3 Å². The Labute approximate surface area is 127 Å². The zero-order chi connectivity index (χ0) is 15.6. The van der Waals surface area contributed by atoms with Crippen LogP contribution in [0.1, 0.15) is 11.6 Å². The van der Waals surface area contributed by atoms with Gasteiger partial charge in [0.2, 0.25) is 0 Å². The van der Waals surface area contributed by atoms with E-state index in [1.165, 1.54) is 8.61 Å². The number of nitrogens with zero attached hydrogens (tertiary/aromatic N) is 3. The average Bonchev–Trinajstić information content (AvgIpc) is 2.47. The van der Waals surface area contributed by atoms with Crippen molar-refractivity contribution in [3.63, 3.8) is 0 Å². The van der Waals surface area contributed by atoms with E-state index in [4.69, 9.17) is 4.74 Å². The molecule has 0 radical (unpaired) electrons. The average molecular weight is 313 g/mol. The molecule has 2 rings (SSSR count). The maximum Gasteiger partial charge on any atom is 0.281 e. The Morgan fingerprint density at radius 3 is 2.52 bits per heavy atom. The van der Waals surface area contributed by atoms with Crippen molar-refractivity contribution in [3.05, 3.63) is 29.8 Å². The van der Waals surface area contributed by atoms with Crippen molar-refractivity contribution in [2.75, 3.05) is 47.9 Å². The van der Waals surface area contributed by atoms with Gasteiger partial charge in [0.15, 0.2) is 0 Å². The number of likely N-dealkylation sites (N-methyl/N-ethyl adjacent to an activating group) is 1. The van der Waals surface area contributed by atoms with Crippen LogP contribution in [-0.4, -0.2) is 69.8 Å². The molecule has 0 spiro atoms. The van der Waals surface area contributed by atoms with Gasteiger partial charge in [-0.1, -0.05) is 18.2 Å². The third kappa shape index (κ3) is 3.21. The first-order valence-electron chi connectivity index (χ1n) is 6.88. The van der Waals surface area contributed by atoms with E-state index in [0.717, 1.165) is 11.3 Å². The minimum Gasteiger partial charge on any atom is -0.496 e. The summed E-state index contributed by atoms with van der Waals surface area (Å²) in [6.45, 7) is 1.62. The van der Waals surface area contributed by atoms with Crippen molar-refractivity contribution >= 4 is 10.2 Å². The molecular weight excluding hydrogens is 290 g/mol. The van der Waals surface area contributed by atoms with E-state index in [1.54, 1.807) is 21.2 Å². The predicted molar refractivity (Wildman–Crippen MR) is 82.5 cm³/mol. The molecule has 1 aromatic rings. The molecule has 0 bridgehead atoms. The van der Waals surface area contributed by atoms with Crippen LogP contribution in [0.25, 0.3) is 0 Å². The van der Waals surface area contributed by atoms with Gasteiger partial charge in [0, 0.05) is 39.3 Å². The molecule has 118 valence electrons. The summed E-state index contributed by atoms with van der Waals surface area (Å²) < 4.78 is 32.9. The van der Waals surface area contributed by atoms with Gasteiger partial charge >= 0.3 is 0 Å². The van der Waals surface area contributed by atoms with Crippen molar-refractivity contribution in [2.24, 2.45) is 0 Å². The lowest BCUT2D eigenvalue weighted by Crippen LogP contribution is -2.51. The Morgan fingerprint density at radius 1 is 1.24 bits per heavy atom. The second-order valence-corrected chi connectivity index (χ2v) is 7.53. The summed E-state index contributed by atoms with van der Waals surface area (Å²) in [5.74, 6) is 0.790. The van der Waals surface area contributed by atoms with Crippen LogP contribution in [0.2, 0.25) is 0 Å². The molecular formula is C14H23N3O3S. The Balaban J connectivity index is 2.31. The number of piperazine rings is 1. The number of hydrogen-bond acceptors (Lipinski definition) is 4. The zero-order valence-corrected chi connectivity index (χ0v) is 13.8. The SMILES string of the molecule is COc1ccccc1C1CN(S(=O)(=O)N(C)C)CCN1C. The second-order valence-electron chi connectivity index (χ2n) is 5.39. The van der Waals surface area contributed by atoms with Crippen molar-refractivity contribution in [2.45, 2.75) is 6.04 Å². The third-order valence-corrected chi connectivity index (χ3v) is 5.80. The Morgan fingerprint density at radius 2 is 1.90 bits per heavy atom. The van der Waals surface area contributed by atoms with E-state index in [-0.39, 0.29) is 6.04 Å². The highest BCUT2D eigenvalue weighted by atomic mass is 32.2. The van der Waals surface area contributed by atoms with E-state index in [2.05, 4.69) is 4.90 Å². The molecule has 0 aromatic heterocycles. The fraction of sp³-hybridized carbons (Fsp3) is 0.571. The number of benzene rings is 1. The molecule has 1 aliphatic heterocycles. The lowest BCUT2D eigenvalue weighted by atomic mass is 10.0. The van der Waals surface area contributed by atoms with Crippen LogP contribution in [0.5, 0.6) is 5.75 Å². The quantitative estimate of drug-likeness (QED) is 0.825. The second kappa shape index (κ2) is 6.31. The van der Waals surface area contributed by atoms with E-state index >= 15 is 0 Å². The van der Waals surface area contributed by atoms with Gasteiger partial charge in [0.1, 0.15) is 5.75 Å². The maximum atomic E-state index is 12.3. The standard InChI is InChI=1S/C14H23N3O3S/c1-15(2)21(18,19)17-10-9-16(3)13(11-17)12-7-5-6-8-14(12)20-4/h5-8,13H,9-11H2,1-4H3. The van der Waals surface area contributed by atoms with Crippen LogP contribution in [0.15, 0.2) is 24.3 Å². The van der Waals surface area contributed by atoms with Crippen LogP contribution in [0.3, 0.4) is 0 Å². The fourth-order valence-corrected chi connectivity index (χ4v) is 3.67. The van der Waals surface area contributed by atoms with Crippen molar-refractivity contribution in [1.29, 1.82) is 0 Å². The highest BCUT2D eigenvalue weighted by molar-refractivity contribution is 7.86. The maximum absolute atomic E-state index is 12.3. The van der Waals surface area contributed by atoms with E-state index < -0.39 is 10.2 Å². The van der Waals surface area contributed by atoms with Gasteiger partial charge in [-0.25, -0.2) is 0 Å². The molecule has 1 unspecified atom stereocenters. The van der Waals surface area contributed by atoms with Crippen LogP contribution in [0, 0.1) is 0 Å². The molecule has 1 heterocycles. The molecule has 0 N–H and O–H groups in total. The summed E-state index contributed by atoms with van der Waals surface area (Å²) in [6, 6.07) is 7.75. The summed E-state index contributed by atoms with van der Waals surface area (Å²) >= 11 is 0. The number of methoxy groups -OCH3 is 1. The first-order valence-corrected chi connectivity index (χ1v) is 8.28. The van der Waals surface area contributed by atoms with Gasteiger partial charge in [0.25, 0.3) is 10.2 Å². The molecule has 1 fully saturated rings. The normalized spacial score (nSPS) is 21.7. The Kier molecular flexibility index (Phi) is 4.88. The highest BCUT2D eigenvalue weighted by Crippen LogP contribution is 2.32. The topological polar surface area (TPSA) is 53.1 Å². The summed E-state index contributed by atoms with van der Waals surface area (Å²) in [6.07, 6.45) is 0. The predicted octanol–water partition coefficient (Wildman–Crippen LogP) is 0.790. The molecule has 21 heavy (non-hydrogen) atoms. The molecule has 6 nitrogen and oxygen atoms in total. The lowest BCUT2D eigenvalue weighted by Gasteiger charge is -2.40. The molecule has 0 amide bonds. The van der Waals surface area contributed by atoms with Crippen molar-refractivity contribution < 1.29 is 13.2 Å². The summed E-state index contributed by atoms with van der Waals surface area (Å²) in [7, 11) is 3.38. The largest absolute Gasteiger partial charge is 0.496 e. The minimum atomic E-state index is -3.38. The van der Waals surface area contributed by atoms with E-state index in [9.17, 15) is 8.42 Å². The summed E-state index contributed by atoms with van der Waals surface area (Å²) in [4.78, 5) is 2.17. The van der Waals surface area contributed by atoms with Crippen LogP contribution >= 0.6 is 0 Å².